The molecular formula is C21H22Br4O3. The van der Waals surface area contributed by atoms with Crippen LogP contribution in [0.15, 0.2) is 17.9 Å². The molecule has 0 amide bonds. The van der Waals surface area contributed by atoms with E-state index in [9.17, 15) is 5.11 Å². The predicted octanol–water partition coefficient (Wildman–Crippen LogP) is 7.90. The quantitative estimate of drug-likeness (QED) is 0.345. The minimum Gasteiger partial charge on any atom is -0.507 e. The Morgan fingerprint density at radius 2 is 1.18 bits per heavy atom. The summed E-state index contributed by atoms with van der Waals surface area (Å²) in [5, 5.41) is 10.4. The standard InChI is InChI=1S/C21H22Br4O3/c1-8-15(22)13(16(23)9(2)19(8)26)14-17(24)10(3)20(11(4)18(14)25)28-21(5,6)12-7-27-12/h12,26H,7H2,1-6H3. The van der Waals surface area contributed by atoms with Crippen LogP contribution in [0.5, 0.6) is 11.5 Å². The molecule has 28 heavy (non-hydrogen) atoms. The molecule has 0 bridgehead atoms. The normalized spacial score (nSPS) is 16.4. The number of hydrogen-bond donors (Lipinski definition) is 1. The minimum atomic E-state index is -0.400. The highest BCUT2D eigenvalue weighted by atomic mass is 79.9. The first-order valence-corrected chi connectivity index (χ1v) is 12.0. The van der Waals surface area contributed by atoms with E-state index in [0.29, 0.717) is 0 Å². The Hall–Kier alpha value is -0.0800. The maximum absolute atomic E-state index is 10.4. The molecule has 1 aliphatic heterocycles. The molecule has 0 spiro atoms. The molecule has 0 radical (unpaired) electrons. The lowest BCUT2D eigenvalue weighted by Gasteiger charge is -2.29. The third-order valence-electron chi connectivity index (χ3n) is 5.31. The van der Waals surface area contributed by atoms with Crippen molar-refractivity contribution in [3.05, 3.63) is 40.1 Å². The average molecular weight is 642 g/mol. The second-order valence-electron chi connectivity index (χ2n) is 7.71. The van der Waals surface area contributed by atoms with E-state index in [0.717, 1.165) is 63.6 Å². The van der Waals surface area contributed by atoms with Crippen LogP contribution in [0.2, 0.25) is 0 Å². The van der Waals surface area contributed by atoms with E-state index in [1.165, 1.54) is 0 Å². The fourth-order valence-electron chi connectivity index (χ4n) is 3.28. The van der Waals surface area contributed by atoms with E-state index < -0.39 is 5.60 Å². The van der Waals surface area contributed by atoms with E-state index in [4.69, 9.17) is 9.47 Å². The number of hydrogen-bond acceptors (Lipinski definition) is 3. The van der Waals surface area contributed by atoms with Gasteiger partial charge in [0.25, 0.3) is 0 Å². The van der Waals surface area contributed by atoms with Gasteiger partial charge in [0.1, 0.15) is 23.2 Å². The molecule has 1 saturated heterocycles. The number of benzene rings is 2. The Morgan fingerprint density at radius 3 is 1.54 bits per heavy atom. The molecule has 2 aromatic rings. The van der Waals surface area contributed by atoms with Crippen LogP contribution in [-0.2, 0) is 4.74 Å². The zero-order chi connectivity index (χ0) is 21.1. The molecule has 0 aromatic heterocycles. The van der Waals surface area contributed by atoms with Gasteiger partial charge in [-0.15, -0.1) is 0 Å². The van der Waals surface area contributed by atoms with Crippen LogP contribution in [-0.4, -0.2) is 23.4 Å². The Morgan fingerprint density at radius 1 is 0.821 bits per heavy atom. The van der Waals surface area contributed by atoms with Gasteiger partial charge < -0.3 is 14.6 Å². The third kappa shape index (κ3) is 3.70. The lowest BCUT2D eigenvalue weighted by Crippen LogP contribution is -2.35. The van der Waals surface area contributed by atoms with Gasteiger partial charge in [-0.3, -0.25) is 0 Å². The van der Waals surface area contributed by atoms with Crippen molar-refractivity contribution in [3.63, 3.8) is 0 Å². The van der Waals surface area contributed by atoms with Crippen LogP contribution < -0.4 is 4.74 Å². The molecule has 1 N–H and O–H groups in total. The van der Waals surface area contributed by atoms with Crippen molar-refractivity contribution < 1.29 is 14.6 Å². The van der Waals surface area contributed by atoms with Gasteiger partial charge in [0.15, 0.2) is 0 Å². The lowest BCUT2D eigenvalue weighted by atomic mass is 9.95. The van der Waals surface area contributed by atoms with Gasteiger partial charge in [0, 0.05) is 51.3 Å². The first kappa shape index (κ1) is 22.6. The Kier molecular flexibility index (Phi) is 6.36. The maximum atomic E-state index is 10.4. The van der Waals surface area contributed by atoms with Gasteiger partial charge in [-0.05, 0) is 105 Å². The third-order valence-corrected chi connectivity index (χ3v) is 9.28. The molecule has 152 valence electrons. The number of epoxide rings is 1. The Labute approximate surface area is 199 Å². The maximum Gasteiger partial charge on any atom is 0.132 e. The van der Waals surface area contributed by atoms with Crippen LogP contribution in [0, 0.1) is 27.7 Å². The Bertz CT molecular complexity index is 921. The summed E-state index contributed by atoms with van der Waals surface area (Å²) in [6, 6.07) is 0. The minimum absolute atomic E-state index is 0.120. The fourth-order valence-corrected chi connectivity index (χ4v) is 6.14. The predicted molar refractivity (Wildman–Crippen MR) is 128 cm³/mol. The van der Waals surface area contributed by atoms with Crippen LogP contribution in [0.1, 0.15) is 36.1 Å². The zero-order valence-electron chi connectivity index (χ0n) is 16.6. The smallest absolute Gasteiger partial charge is 0.132 e. The first-order chi connectivity index (χ1) is 12.9. The number of phenolic OH excluding ortho intramolecular Hbond substituents is 1. The van der Waals surface area contributed by atoms with Crippen LogP contribution in [0.25, 0.3) is 11.1 Å². The molecule has 3 rings (SSSR count). The van der Waals surface area contributed by atoms with Crippen molar-refractivity contribution in [1.82, 2.24) is 0 Å². The number of rotatable bonds is 4. The fraction of sp³-hybridized carbons (Fsp3) is 0.429. The summed E-state index contributed by atoms with van der Waals surface area (Å²) in [6.07, 6.45) is 0.120. The second kappa shape index (κ2) is 7.88. The SMILES string of the molecule is Cc1c(O)c(C)c(Br)c(-c2c(Br)c(C)c(OC(C)(C)C3CO3)c(C)c2Br)c1Br. The molecule has 1 unspecified atom stereocenters. The summed E-state index contributed by atoms with van der Waals surface area (Å²) < 4.78 is 15.5. The second-order valence-corrected chi connectivity index (χ2v) is 10.9. The highest BCUT2D eigenvalue weighted by Gasteiger charge is 2.42. The molecule has 1 aliphatic rings. The molecular weight excluding hydrogens is 620 g/mol. The van der Waals surface area contributed by atoms with E-state index in [1.54, 1.807) is 0 Å². The van der Waals surface area contributed by atoms with Gasteiger partial charge in [-0.25, -0.2) is 0 Å². The summed E-state index contributed by atoms with van der Waals surface area (Å²) >= 11 is 15.0. The van der Waals surface area contributed by atoms with Crippen molar-refractivity contribution in [2.24, 2.45) is 0 Å². The van der Waals surface area contributed by atoms with E-state index in [-0.39, 0.29) is 11.9 Å². The number of ether oxygens (including phenoxy) is 2. The van der Waals surface area contributed by atoms with Crippen molar-refractivity contribution >= 4 is 63.7 Å². The Balaban J connectivity index is 2.26. The molecule has 2 aromatic carbocycles. The van der Waals surface area contributed by atoms with Crippen LogP contribution >= 0.6 is 63.7 Å². The monoisotopic (exact) mass is 638 g/mol. The molecule has 1 heterocycles. The number of aromatic hydroxyl groups is 1. The van der Waals surface area contributed by atoms with Gasteiger partial charge in [0.05, 0.1) is 6.61 Å². The first-order valence-electron chi connectivity index (χ1n) is 8.86. The van der Waals surface area contributed by atoms with Crippen molar-refractivity contribution in [1.29, 1.82) is 0 Å². The largest absolute Gasteiger partial charge is 0.507 e. The van der Waals surface area contributed by atoms with E-state index in [2.05, 4.69) is 77.6 Å². The van der Waals surface area contributed by atoms with Crippen LogP contribution in [0.4, 0.5) is 0 Å². The molecule has 3 nitrogen and oxygen atoms in total. The average Bonchev–Trinajstić information content (AvgIpc) is 3.49. The highest BCUT2D eigenvalue weighted by Crippen LogP contribution is 2.52. The topological polar surface area (TPSA) is 42.0 Å². The zero-order valence-corrected chi connectivity index (χ0v) is 22.9. The highest BCUT2D eigenvalue weighted by molar-refractivity contribution is 9.11. The van der Waals surface area contributed by atoms with Crippen LogP contribution in [0.3, 0.4) is 0 Å². The summed E-state index contributed by atoms with van der Waals surface area (Å²) in [6.45, 7) is 12.7. The molecule has 1 fully saturated rings. The van der Waals surface area contributed by atoms with E-state index in [1.807, 2.05) is 27.7 Å². The van der Waals surface area contributed by atoms with Crippen molar-refractivity contribution in [3.8, 4) is 22.6 Å². The van der Waals surface area contributed by atoms with Gasteiger partial charge >= 0.3 is 0 Å². The van der Waals surface area contributed by atoms with Gasteiger partial charge in [-0.1, -0.05) is 0 Å². The van der Waals surface area contributed by atoms with E-state index >= 15 is 0 Å². The molecule has 0 aliphatic carbocycles. The molecule has 7 heteroatoms. The summed E-state index contributed by atoms with van der Waals surface area (Å²) in [7, 11) is 0. The van der Waals surface area contributed by atoms with Crippen molar-refractivity contribution in [2.75, 3.05) is 6.61 Å². The number of halogens is 4. The summed E-state index contributed by atoms with van der Waals surface area (Å²) in [5.74, 6) is 1.14. The van der Waals surface area contributed by atoms with Gasteiger partial charge in [0.2, 0.25) is 0 Å². The summed E-state index contributed by atoms with van der Waals surface area (Å²) in [4.78, 5) is 0. The lowest BCUT2D eigenvalue weighted by molar-refractivity contribution is 0.0727. The molecule has 0 saturated carbocycles. The molecule has 1 atom stereocenters. The van der Waals surface area contributed by atoms with Gasteiger partial charge in [-0.2, -0.15) is 0 Å². The number of phenols is 1. The summed E-state index contributed by atoms with van der Waals surface area (Å²) in [5.41, 5.74) is 5.23. The van der Waals surface area contributed by atoms with Crippen molar-refractivity contribution in [2.45, 2.75) is 53.2 Å².